The molecule has 0 bridgehead atoms. The highest BCUT2D eigenvalue weighted by atomic mass is 15.0. The molecule has 0 aliphatic heterocycles. The Morgan fingerprint density at radius 2 is 2.31 bits per heavy atom. The highest BCUT2D eigenvalue weighted by molar-refractivity contribution is 5.51. The number of anilines is 2. The van der Waals surface area contributed by atoms with E-state index in [2.05, 4.69) is 17.2 Å². The zero-order valence-electron chi connectivity index (χ0n) is 8.04. The van der Waals surface area contributed by atoms with E-state index in [1.165, 1.54) is 6.42 Å². The Morgan fingerprint density at radius 3 is 2.85 bits per heavy atom. The first kappa shape index (κ1) is 8.35. The fourth-order valence-electron chi connectivity index (χ4n) is 1.45. The van der Waals surface area contributed by atoms with Crippen LogP contribution in [-0.4, -0.2) is 11.0 Å². The molecule has 3 N–H and O–H groups in total. The fourth-order valence-corrected chi connectivity index (χ4v) is 1.45. The third-order valence-corrected chi connectivity index (χ3v) is 2.53. The topological polar surface area (TPSA) is 50.9 Å². The molecule has 1 aliphatic rings. The van der Waals surface area contributed by atoms with Crippen LogP contribution in [-0.2, 0) is 0 Å². The molecule has 0 spiro atoms. The first-order chi connectivity index (χ1) is 6.16. The second kappa shape index (κ2) is 2.91. The third-order valence-electron chi connectivity index (χ3n) is 2.53. The minimum absolute atomic E-state index is 0.620. The van der Waals surface area contributed by atoms with Crippen LogP contribution in [0.4, 0.5) is 11.5 Å². The van der Waals surface area contributed by atoms with Gasteiger partial charge < -0.3 is 11.1 Å². The van der Waals surface area contributed by atoms with Crippen LogP contribution in [0.2, 0.25) is 0 Å². The summed E-state index contributed by atoms with van der Waals surface area (Å²) in [5, 5.41) is 3.39. The van der Waals surface area contributed by atoms with Crippen molar-refractivity contribution in [2.24, 2.45) is 5.92 Å². The predicted molar refractivity (Wildman–Crippen MR) is 54.6 cm³/mol. The van der Waals surface area contributed by atoms with Crippen LogP contribution >= 0.6 is 0 Å². The van der Waals surface area contributed by atoms with Gasteiger partial charge in [0.25, 0.3) is 0 Å². The number of rotatable bonds is 2. The Hall–Kier alpha value is -1.25. The summed E-state index contributed by atoms with van der Waals surface area (Å²) in [6.45, 7) is 4.27. The summed E-state index contributed by atoms with van der Waals surface area (Å²) in [5.41, 5.74) is 7.46. The van der Waals surface area contributed by atoms with Crippen molar-refractivity contribution in [2.45, 2.75) is 26.3 Å². The van der Waals surface area contributed by atoms with Crippen LogP contribution in [0.25, 0.3) is 0 Å². The number of nitrogens with two attached hydrogens (primary N) is 1. The van der Waals surface area contributed by atoms with Gasteiger partial charge >= 0.3 is 0 Å². The number of nitrogens with one attached hydrogen (secondary N) is 1. The first-order valence-corrected chi connectivity index (χ1v) is 4.65. The molecule has 0 aromatic carbocycles. The number of aryl methyl sites for hydroxylation is 1. The van der Waals surface area contributed by atoms with Gasteiger partial charge in [-0.05, 0) is 30.9 Å². The molecule has 1 heterocycles. The summed E-state index contributed by atoms with van der Waals surface area (Å²) < 4.78 is 0. The summed E-state index contributed by atoms with van der Waals surface area (Å²) in [4.78, 5) is 4.26. The van der Waals surface area contributed by atoms with E-state index in [0.717, 1.165) is 23.0 Å². The van der Waals surface area contributed by atoms with Gasteiger partial charge in [-0.2, -0.15) is 0 Å². The van der Waals surface area contributed by atoms with Gasteiger partial charge in [-0.15, -0.1) is 0 Å². The molecule has 0 radical (unpaired) electrons. The maximum atomic E-state index is 5.61. The Morgan fingerprint density at radius 1 is 1.62 bits per heavy atom. The van der Waals surface area contributed by atoms with Gasteiger partial charge in [-0.25, -0.2) is 4.98 Å². The van der Waals surface area contributed by atoms with E-state index >= 15 is 0 Å². The van der Waals surface area contributed by atoms with Crippen molar-refractivity contribution < 1.29 is 0 Å². The molecule has 3 heteroatoms. The lowest BCUT2D eigenvalue weighted by molar-refractivity contribution is 0.922. The van der Waals surface area contributed by atoms with Crippen LogP contribution in [0.5, 0.6) is 0 Å². The lowest BCUT2D eigenvalue weighted by atomic mass is 10.2. The number of hydrogen-bond acceptors (Lipinski definition) is 3. The summed E-state index contributed by atoms with van der Waals surface area (Å²) in [5.74, 6) is 1.77. The maximum absolute atomic E-state index is 5.61. The van der Waals surface area contributed by atoms with Gasteiger partial charge in [-0.3, -0.25) is 0 Å². The quantitative estimate of drug-likeness (QED) is 0.724. The minimum atomic E-state index is 0.620. The molecule has 2 unspecified atom stereocenters. The highest BCUT2D eigenvalue weighted by Crippen LogP contribution is 2.32. The Labute approximate surface area is 78.4 Å². The Bertz CT molecular complexity index is 322. The van der Waals surface area contributed by atoms with E-state index in [1.807, 2.05) is 13.0 Å². The number of nitrogen functional groups attached to an aromatic ring is 1. The van der Waals surface area contributed by atoms with Gasteiger partial charge in [0.05, 0.1) is 11.9 Å². The zero-order chi connectivity index (χ0) is 9.42. The molecule has 3 nitrogen and oxygen atoms in total. The minimum Gasteiger partial charge on any atom is -0.397 e. The Kier molecular flexibility index (Phi) is 1.87. The summed E-state index contributed by atoms with van der Waals surface area (Å²) >= 11 is 0. The van der Waals surface area contributed by atoms with E-state index in [9.17, 15) is 0 Å². The van der Waals surface area contributed by atoms with E-state index in [4.69, 9.17) is 5.73 Å². The molecule has 13 heavy (non-hydrogen) atoms. The van der Waals surface area contributed by atoms with Crippen LogP contribution in [0.1, 0.15) is 18.9 Å². The second-order valence-electron chi connectivity index (χ2n) is 3.90. The molecular formula is C10H15N3. The van der Waals surface area contributed by atoms with Crippen LogP contribution in [0, 0.1) is 12.8 Å². The van der Waals surface area contributed by atoms with Gasteiger partial charge in [0.15, 0.2) is 0 Å². The van der Waals surface area contributed by atoms with E-state index in [-0.39, 0.29) is 0 Å². The van der Waals surface area contributed by atoms with Gasteiger partial charge in [-0.1, -0.05) is 6.92 Å². The standard InChI is InChI=1S/C10H15N3/c1-6-4-9(6)13-10-7(2)3-8(11)5-12-10/h3,5-6,9H,4,11H2,1-2H3,(H,12,13). The normalized spacial score (nSPS) is 25.7. The van der Waals surface area contributed by atoms with Crippen molar-refractivity contribution in [2.75, 3.05) is 11.1 Å². The second-order valence-corrected chi connectivity index (χ2v) is 3.90. The van der Waals surface area contributed by atoms with Crippen molar-refractivity contribution in [1.82, 2.24) is 4.98 Å². The molecule has 2 rings (SSSR count). The monoisotopic (exact) mass is 177 g/mol. The summed E-state index contributed by atoms with van der Waals surface area (Å²) in [7, 11) is 0. The number of nitrogens with zero attached hydrogens (tertiary/aromatic N) is 1. The molecule has 1 saturated carbocycles. The predicted octanol–water partition coefficient (Wildman–Crippen LogP) is 1.79. The largest absolute Gasteiger partial charge is 0.397 e. The number of pyridine rings is 1. The van der Waals surface area contributed by atoms with Gasteiger partial charge in [0.2, 0.25) is 0 Å². The molecule has 0 amide bonds. The van der Waals surface area contributed by atoms with Crippen LogP contribution < -0.4 is 11.1 Å². The molecule has 1 aromatic rings. The van der Waals surface area contributed by atoms with E-state index < -0.39 is 0 Å². The smallest absolute Gasteiger partial charge is 0.129 e. The molecule has 1 fully saturated rings. The van der Waals surface area contributed by atoms with Gasteiger partial charge in [0.1, 0.15) is 5.82 Å². The van der Waals surface area contributed by atoms with Crippen molar-refractivity contribution in [1.29, 1.82) is 0 Å². The SMILES string of the molecule is Cc1cc(N)cnc1NC1CC1C. The molecule has 70 valence electrons. The molecule has 0 saturated heterocycles. The van der Waals surface area contributed by atoms with Crippen molar-refractivity contribution in [3.05, 3.63) is 17.8 Å². The lowest BCUT2D eigenvalue weighted by Gasteiger charge is -2.07. The third kappa shape index (κ3) is 1.74. The summed E-state index contributed by atoms with van der Waals surface area (Å²) in [6, 6.07) is 2.57. The zero-order valence-corrected chi connectivity index (χ0v) is 8.04. The first-order valence-electron chi connectivity index (χ1n) is 4.65. The average molecular weight is 177 g/mol. The molecule has 1 aliphatic carbocycles. The van der Waals surface area contributed by atoms with Crippen molar-refractivity contribution in [3.8, 4) is 0 Å². The highest BCUT2D eigenvalue weighted by Gasteiger charge is 2.32. The Balaban J connectivity index is 2.11. The number of hydrogen-bond donors (Lipinski definition) is 2. The molecule has 2 atom stereocenters. The van der Waals surface area contributed by atoms with Crippen molar-refractivity contribution in [3.63, 3.8) is 0 Å². The van der Waals surface area contributed by atoms with Crippen LogP contribution in [0.3, 0.4) is 0 Å². The lowest BCUT2D eigenvalue weighted by Crippen LogP contribution is -2.07. The molecular weight excluding hydrogens is 162 g/mol. The summed E-state index contributed by atoms with van der Waals surface area (Å²) in [6.07, 6.45) is 2.95. The maximum Gasteiger partial charge on any atom is 0.129 e. The van der Waals surface area contributed by atoms with Crippen LogP contribution in [0.15, 0.2) is 12.3 Å². The van der Waals surface area contributed by atoms with Gasteiger partial charge in [0, 0.05) is 6.04 Å². The van der Waals surface area contributed by atoms with E-state index in [0.29, 0.717) is 6.04 Å². The average Bonchev–Trinajstić information content (AvgIpc) is 2.73. The number of aromatic nitrogens is 1. The van der Waals surface area contributed by atoms with Crippen molar-refractivity contribution >= 4 is 11.5 Å². The van der Waals surface area contributed by atoms with E-state index in [1.54, 1.807) is 6.20 Å². The molecule has 1 aromatic heterocycles. The fraction of sp³-hybridized carbons (Fsp3) is 0.500.